The maximum Gasteiger partial charge on any atom is 0.251 e. The fraction of sp³-hybridized carbons (Fsp3) is 0.700. The van der Waals surface area contributed by atoms with Gasteiger partial charge in [0.15, 0.2) is 0 Å². The largest absolute Gasteiger partial charge is 0.349 e. The summed E-state index contributed by atoms with van der Waals surface area (Å²) in [5.74, 6) is 1.19. The Bertz CT molecular complexity index is 814. The van der Waals surface area contributed by atoms with Gasteiger partial charge in [0.1, 0.15) is 0 Å². The Morgan fingerprint density at radius 1 is 0.528 bits per heavy atom. The normalized spacial score (nSPS) is 30.8. The topological polar surface area (TPSA) is 87.3 Å². The molecule has 0 heterocycles. The van der Waals surface area contributed by atoms with Crippen molar-refractivity contribution in [1.29, 1.82) is 0 Å². The van der Waals surface area contributed by atoms with E-state index < -0.39 is 0 Å². The van der Waals surface area contributed by atoms with E-state index in [1.165, 1.54) is 19.3 Å². The molecule has 0 spiro atoms. The van der Waals surface area contributed by atoms with Gasteiger partial charge in [-0.2, -0.15) is 0 Å². The van der Waals surface area contributed by atoms with Crippen LogP contribution in [0.4, 0.5) is 0 Å². The third-order valence-corrected chi connectivity index (χ3v) is 8.53. The molecule has 3 fully saturated rings. The Morgan fingerprint density at radius 3 is 1.06 bits per heavy atom. The van der Waals surface area contributed by atoms with Crippen molar-refractivity contribution in [2.24, 2.45) is 17.8 Å². The van der Waals surface area contributed by atoms with Crippen molar-refractivity contribution >= 4 is 17.7 Å². The summed E-state index contributed by atoms with van der Waals surface area (Å²) in [5.41, 5.74) is 1.17. The van der Waals surface area contributed by atoms with E-state index in [4.69, 9.17) is 0 Å². The van der Waals surface area contributed by atoms with Gasteiger partial charge in [-0.25, -0.2) is 0 Å². The second-order valence-electron chi connectivity index (χ2n) is 12.1. The van der Waals surface area contributed by atoms with Gasteiger partial charge in [0.05, 0.1) is 0 Å². The monoisotopic (exact) mass is 495 g/mol. The molecule has 198 valence electrons. The molecular weight excluding hydrogens is 450 g/mol. The Morgan fingerprint density at radius 2 is 0.806 bits per heavy atom. The molecular formula is C30H45N3O3. The van der Waals surface area contributed by atoms with Crippen molar-refractivity contribution in [2.45, 2.75) is 116 Å². The Labute approximate surface area is 216 Å². The van der Waals surface area contributed by atoms with Crippen molar-refractivity contribution in [3.63, 3.8) is 0 Å². The van der Waals surface area contributed by atoms with Crippen LogP contribution in [0, 0.1) is 17.8 Å². The van der Waals surface area contributed by atoms with E-state index in [0.29, 0.717) is 34.4 Å². The summed E-state index contributed by atoms with van der Waals surface area (Å²) in [6.45, 7) is 6.68. The Hall–Kier alpha value is -2.37. The molecule has 3 amide bonds. The van der Waals surface area contributed by atoms with Crippen LogP contribution in [-0.4, -0.2) is 35.8 Å². The predicted molar refractivity (Wildman–Crippen MR) is 143 cm³/mol. The summed E-state index contributed by atoms with van der Waals surface area (Å²) in [5, 5.41) is 9.51. The first-order valence-corrected chi connectivity index (χ1v) is 14.3. The molecule has 6 nitrogen and oxygen atoms in total. The molecule has 1 aromatic rings. The van der Waals surface area contributed by atoms with Crippen LogP contribution >= 0.6 is 0 Å². The fourth-order valence-corrected chi connectivity index (χ4v) is 6.52. The lowest BCUT2D eigenvalue weighted by Crippen LogP contribution is -2.40. The maximum absolute atomic E-state index is 13.3. The van der Waals surface area contributed by atoms with Crippen LogP contribution in [-0.2, 0) is 0 Å². The van der Waals surface area contributed by atoms with Gasteiger partial charge in [0.2, 0.25) is 0 Å². The molecule has 36 heavy (non-hydrogen) atoms. The van der Waals surface area contributed by atoms with E-state index in [1.54, 1.807) is 18.2 Å². The minimum atomic E-state index is -0.199. The highest BCUT2D eigenvalue weighted by molar-refractivity contribution is 6.04. The fourth-order valence-electron chi connectivity index (χ4n) is 6.52. The first kappa shape index (κ1) is 26.7. The molecule has 6 heteroatoms. The van der Waals surface area contributed by atoms with Gasteiger partial charge in [-0.15, -0.1) is 0 Å². The molecule has 6 atom stereocenters. The number of carbonyl (C=O) groups excluding carboxylic acids is 3. The summed E-state index contributed by atoms with van der Waals surface area (Å²) in [4.78, 5) is 39.8. The van der Waals surface area contributed by atoms with E-state index in [2.05, 4.69) is 36.7 Å². The zero-order valence-corrected chi connectivity index (χ0v) is 22.4. The summed E-state index contributed by atoms with van der Waals surface area (Å²) in [6.07, 6.45) is 12.8. The molecule has 3 saturated carbocycles. The van der Waals surface area contributed by atoms with Crippen molar-refractivity contribution < 1.29 is 14.4 Å². The van der Waals surface area contributed by atoms with Gasteiger partial charge in [0, 0.05) is 34.8 Å². The van der Waals surface area contributed by atoms with E-state index in [1.807, 2.05) is 0 Å². The molecule has 3 N–H and O–H groups in total. The summed E-state index contributed by atoms with van der Waals surface area (Å²) >= 11 is 0. The zero-order valence-electron chi connectivity index (χ0n) is 22.4. The average molecular weight is 496 g/mol. The molecule has 0 aromatic heterocycles. The van der Waals surface area contributed by atoms with Gasteiger partial charge in [0.25, 0.3) is 17.7 Å². The first-order valence-electron chi connectivity index (χ1n) is 14.3. The van der Waals surface area contributed by atoms with E-state index in [-0.39, 0.29) is 35.8 Å². The second-order valence-corrected chi connectivity index (χ2v) is 12.1. The lowest BCUT2D eigenvalue weighted by molar-refractivity contribution is 0.0920. The summed E-state index contributed by atoms with van der Waals surface area (Å²) < 4.78 is 0. The van der Waals surface area contributed by atoms with Gasteiger partial charge in [-0.3, -0.25) is 14.4 Å². The third-order valence-electron chi connectivity index (χ3n) is 8.53. The second kappa shape index (κ2) is 12.2. The molecule has 3 aliphatic rings. The van der Waals surface area contributed by atoms with E-state index >= 15 is 0 Å². The van der Waals surface area contributed by atoms with Crippen LogP contribution in [0.2, 0.25) is 0 Å². The van der Waals surface area contributed by atoms with Crippen molar-refractivity contribution in [1.82, 2.24) is 16.0 Å². The zero-order chi connectivity index (χ0) is 25.7. The number of benzene rings is 1. The highest BCUT2D eigenvalue weighted by atomic mass is 16.2. The minimum absolute atomic E-state index is 0.142. The quantitative estimate of drug-likeness (QED) is 0.479. The molecule has 1 aromatic carbocycles. The molecule has 4 rings (SSSR count). The molecule has 6 unspecified atom stereocenters. The SMILES string of the molecule is CC1CCCC(NC(=O)c2cc(C(=O)NC3CCCC(C)C3)cc(C(=O)NC3CCCC(C)C3)c2)C1. The maximum atomic E-state index is 13.3. The van der Waals surface area contributed by atoms with Crippen molar-refractivity contribution in [2.75, 3.05) is 0 Å². The number of hydrogen-bond acceptors (Lipinski definition) is 3. The minimum Gasteiger partial charge on any atom is -0.349 e. The van der Waals surface area contributed by atoms with Gasteiger partial charge in [-0.05, 0) is 74.5 Å². The highest BCUT2D eigenvalue weighted by Crippen LogP contribution is 2.26. The smallest absolute Gasteiger partial charge is 0.251 e. The van der Waals surface area contributed by atoms with Crippen molar-refractivity contribution in [3.8, 4) is 0 Å². The standard InChI is InChI=1S/C30H45N3O3/c1-19-7-4-10-25(13-19)31-28(34)22-16-23(29(35)32-26-11-5-8-20(2)14-26)18-24(17-22)30(36)33-27-12-6-9-21(3)15-27/h16-21,25-27H,4-15H2,1-3H3,(H,31,34)(H,32,35)(H,33,36). The molecule has 0 aliphatic heterocycles. The lowest BCUT2D eigenvalue weighted by atomic mass is 9.86. The number of hydrogen-bond donors (Lipinski definition) is 3. The summed E-state index contributed by atoms with van der Waals surface area (Å²) in [7, 11) is 0. The van der Waals surface area contributed by atoms with Crippen LogP contribution in [0.5, 0.6) is 0 Å². The van der Waals surface area contributed by atoms with Gasteiger partial charge in [-0.1, -0.05) is 59.3 Å². The predicted octanol–water partition coefficient (Wildman–Crippen LogP) is 5.61. The molecule has 0 saturated heterocycles. The van der Waals surface area contributed by atoms with Gasteiger partial charge >= 0.3 is 0 Å². The van der Waals surface area contributed by atoms with Crippen LogP contribution in [0.25, 0.3) is 0 Å². The summed E-state index contributed by atoms with van der Waals surface area (Å²) in [6, 6.07) is 5.39. The molecule has 0 bridgehead atoms. The Kier molecular flexibility index (Phi) is 9.08. The van der Waals surface area contributed by atoms with Crippen LogP contribution in [0.1, 0.15) is 129 Å². The number of amides is 3. The number of carbonyl (C=O) groups is 3. The third kappa shape index (κ3) is 7.33. The van der Waals surface area contributed by atoms with Crippen molar-refractivity contribution in [3.05, 3.63) is 34.9 Å². The number of rotatable bonds is 6. The van der Waals surface area contributed by atoms with Crippen LogP contribution in [0.15, 0.2) is 18.2 Å². The molecule has 0 radical (unpaired) electrons. The average Bonchev–Trinajstić information content (AvgIpc) is 2.84. The van der Waals surface area contributed by atoms with Crippen LogP contribution < -0.4 is 16.0 Å². The van der Waals surface area contributed by atoms with E-state index in [0.717, 1.165) is 57.8 Å². The van der Waals surface area contributed by atoms with Gasteiger partial charge < -0.3 is 16.0 Å². The highest BCUT2D eigenvalue weighted by Gasteiger charge is 2.26. The lowest BCUT2D eigenvalue weighted by Gasteiger charge is -2.28. The van der Waals surface area contributed by atoms with E-state index in [9.17, 15) is 14.4 Å². The Balaban J connectivity index is 1.53. The first-order chi connectivity index (χ1) is 17.3. The molecule has 3 aliphatic carbocycles. The number of nitrogens with one attached hydrogen (secondary N) is 3. The van der Waals surface area contributed by atoms with Crippen LogP contribution in [0.3, 0.4) is 0 Å².